The minimum atomic E-state index is -4.70. The van der Waals surface area contributed by atoms with Gasteiger partial charge in [-0.05, 0) is 50.1 Å². The Balaban J connectivity index is 1.42. The molecule has 236 valence electrons. The minimum absolute atomic E-state index is 0.0677. The minimum Gasteiger partial charge on any atom is -0.569 e. The van der Waals surface area contributed by atoms with Gasteiger partial charge in [0.05, 0.1) is 34.3 Å². The summed E-state index contributed by atoms with van der Waals surface area (Å²) in [6.45, 7) is 4.51. The van der Waals surface area contributed by atoms with Gasteiger partial charge in [0, 0.05) is 25.3 Å². The number of carbonyl (C=O) groups excluding carboxylic acids is 2. The van der Waals surface area contributed by atoms with E-state index < -0.39 is 46.0 Å². The van der Waals surface area contributed by atoms with Crippen molar-refractivity contribution in [3.05, 3.63) is 71.1 Å². The Labute approximate surface area is 250 Å². The molecule has 3 aromatic rings. The zero-order valence-corrected chi connectivity index (χ0v) is 24.6. The molecule has 1 aromatic heterocycles. The number of carbonyl (C=O) groups is 2. The lowest BCUT2D eigenvalue weighted by molar-refractivity contribution is -0.715. The molecule has 17 heteroatoms. The molecule has 0 radical (unpaired) electrons. The third kappa shape index (κ3) is 7.83. The van der Waals surface area contributed by atoms with Crippen molar-refractivity contribution in [3.8, 4) is 16.9 Å². The number of benzene rings is 2. The maximum Gasteiger partial charge on any atom is 0.435 e. The summed E-state index contributed by atoms with van der Waals surface area (Å²) in [5.41, 5.74) is 0.612. The smallest absolute Gasteiger partial charge is 0.435 e. The van der Waals surface area contributed by atoms with Crippen LogP contribution in [0.2, 0.25) is 0 Å². The fraction of sp³-hybridized carbons (Fsp3) is 0.370. The molecule has 1 aliphatic rings. The number of rotatable bonds is 9. The summed E-state index contributed by atoms with van der Waals surface area (Å²) in [7, 11) is -4.33. The molecule has 13 nitrogen and oxygen atoms in total. The highest BCUT2D eigenvalue weighted by Gasteiger charge is 2.35. The lowest BCUT2D eigenvalue weighted by Gasteiger charge is -2.27. The second-order valence-electron chi connectivity index (χ2n) is 10.00. The Morgan fingerprint density at radius 3 is 2.30 bits per heavy atom. The lowest BCUT2D eigenvalue weighted by Crippen LogP contribution is -2.44. The molecule has 0 saturated carbocycles. The van der Waals surface area contributed by atoms with Crippen LogP contribution in [0.25, 0.3) is 16.9 Å². The van der Waals surface area contributed by atoms with Gasteiger partial charge in [-0.1, -0.05) is 29.8 Å². The molecule has 1 saturated heterocycles. The summed E-state index contributed by atoms with van der Waals surface area (Å²) in [5.74, 6) is -2.12. The fourth-order valence-electron chi connectivity index (χ4n) is 4.40. The lowest BCUT2D eigenvalue weighted by atomic mass is 9.97. The third-order valence-electron chi connectivity index (χ3n) is 6.66. The van der Waals surface area contributed by atoms with Gasteiger partial charge in [0.25, 0.3) is 16.3 Å². The highest BCUT2D eigenvalue weighted by atomic mass is 32.2. The van der Waals surface area contributed by atoms with Crippen LogP contribution in [0.4, 0.5) is 13.2 Å². The monoisotopic (exact) mass is 638 g/mol. The Hall–Kier alpha value is -4.67. The molecule has 2 heterocycles. The Bertz CT molecular complexity index is 1630. The second kappa shape index (κ2) is 12.9. The van der Waals surface area contributed by atoms with Crippen molar-refractivity contribution in [2.75, 3.05) is 13.1 Å². The number of nitrogens with zero attached hydrogens (tertiary/aromatic N) is 5. The number of aromatic nitrogens is 2. The highest BCUT2D eigenvalue weighted by molar-refractivity contribution is 7.90. The van der Waals surface area contributed by atoms with Crippen molar-refractivity contribution in [1.82, 2.24) is 19.5 Å². The molecule has 1 unspecified atom stereocenters. The summed E-state index contributed by atoms with van der Waals surface area (Å²) >= 11 is 0. The molecular formula is C27H29F3N6O7S. The van der Waals surface area contributed by atoms with Crippen molar-refractivity contribution in [2.24, 2.45) is 11.2 Å². The predicted molar refractivity (Wildman–Crippen MR) is 147 cm³/mol. The van der Waals surface area contributed by atoms with Crippen LogP contribution in [0.15, 0.2) is 64.8 Å². The Morgan fingerprint density at radius 2 is 1.73 bits per heavy atom. The standard InChI is InChI=1S/C27H29F3N6O7S/c1-17-4-6-20(7-5-17)24-16-25(27(28,29)30)31-35(24)22-8-10-23(11-9-22)44(40,41)32-26(38)21-12-14-34(15-13-21)36(39)33-43-19(3)42-18(2)37/h4-11,16,19,21H,12-15H2,1-3H3,(H,32,38). The van der Waals surface area contributed by atoms with Crippen molar-refractivity contribution < 1.29 is 45.7 Å². The molecule has 1 fully saturated rings. The zero-order valence-electron chi connectivity index (χ0n) is 23.8. The third-order valence-corrected chi connectivity index (χ3v) is 8.02. The van der Waals surface area contributed by atoms with Crippen molar-refractivity contribution in [1.29, 1.82) is 0 Å². The van der Waals surface area contributed by atoms with Crippen LogP contribution in [0.5, 0.6) is 0 Å². The van der Waals surface area contributed by atoms with E-state index >= 15 is 0 Å². The first-order valence-corrected chi connectivity index (χ1v) is 14.8. The zero-order chi connectivity index (χ0) is 32.2. The van der Waals surface area contributed by atoms with Crippen LogP contribution in [0.3, 0.4) is 0 Å². The highest BCUT2D eigenvalue weighted by Crippen LogP contribution is 2.33. The number of alkyl halides is 3. The maximum absolute atomic E-state index is 13.5. The van der Waals surface area contributed by atoms with Gasteiger partial charge in [-0.2, -0.15) is 18.3 Å². The molecule has 0 spiro atoms. The molecule has 44 heavy (non-hydrogen) atoms. The van der Waals surface area contributed by atoms with Gasteiger partial charge in [0.15, 0.2) is 5.69 Å². The summed E-state index contributed by atoms with van der Waals surface area (Å²) in [4.78, 5) is 28.3. The number of aryl methyl sites for hydroxylation is 1. The first kappa shape index (κ1) is 32.2. The first-order valence-electron chi connectivity index (χ1n) is 13.3. The number of hydrazine groups is 1. The molecule has 0 bridgehead atoms. The van der Waals surface area contributed by atoms with E-state index in [1.807, 2.05) is 11.6 Å². The van der Waals surface area contributed by atoms with E-state index in [0.717, 1.165) is 28.4 Å². The number of halogens is 3. The van der Waals surface area contributed by atoms with E-state index in [9.17, 15) is 36.4 Å². The number of sulfonamides is 1. The summed E-state index contributed by atoms with van der Waals surface area (Å²) in [6.07, 6.45) is -5.52. The molecule has 0 aliphatic carbocycles. The number of nitrogens with one attached hydrogen (secondary N) is 1. The number of esters is 1. The molecule has 1 N–H and O–H groups in total. The van der Waals surface area contributed by atoms with Crippen molar-refractivity contribution in [3.63, 3.8) is 0 Å². The van der Waals surface area contributed by atoms with E-state index in [4.69, 9.17) is 9.57 Å². The predicted octanol–water partition coefficient (Wildman–Crippen LogP) is 4.10. The summed E-state index contributed by atoms with van der Waals surface area (Å²) < 4.78 is 74.2. The van der Waals surface area contributed by atoms with E-state index in [2.05, 4.69) is 10.4 Å². The largest absolute Gasteiger partial charge is 0.569 e. The van der Waals surface area contributed by atoms with E-state index in [0.29, 0.717) is 5.56 Å². The number of ether oxygens (including phenoxy) is 1. The second-order valence-corrected chi connectivity index (χ2v) is 11.7. The quantitative estimate of drug-likeness (QED) is 0.120. The van der Waals surface area contributed by atoms with Crippen LogP contribution in [-0.2, 0) is 35.4 Å². The average molecular weight is 639 g/mol. The fourth-order valence-corrected chi connectivity index (χ4v) is 5.44. The molecule has 1 aliphatic heterocycles. The van der Waals surface area contributed by atoms with Crippen LogP contribution in [0, 0.1) is 18.0 Å². The average Bonchev–Trinajstić information content (AvgIpc) is 3.42. The van der Waals surface area contributed by atoms with Gasteiger partial charge < -0.3 is 9.94 Å². The van der Waals surface area contributed by atoms with Crippen LogP contribution < -0.4 is 4.72 Å². The van der Waals surface area contributed by atoms with Gasteiger partial charge in [-0.3, -0.25) is 14.4 Å². The number of piperidine rings is 1. The molecule has 1 amide bonds. The Kier molecular flexibility index (Phi) is 9.46. The van der Waals surface area contributed by atoms with Gasteiger partial charge in [-0.15, -0.1) is 5.01 Å². The molecular weight excluding hydrogens is 609 g/mol. The van der Waals surface area contributed by atoms with Crippen molar-refractivity contribution >= 4 is 21.9 Å². The first-order chi connectivity index (χ1) is 20.6. The molecule has 2 aromatic carbocycles. The topological polar surface area (TPSA) is 158 Å². The molecule has 1 atom stereocenters. The van der Waals surface area contributed by atoms with Gasteiger partial charge in [0.1, 0.15) is 0 Å². The van der Waals surface area contributed by atoms with E-state index in [-0.39, 0.29) is 47.2 Å². The van der Waals surface area contributed by atoms with Gasteiger partial charge in [0.2, 0.25) is 11.2 Å². The summed E-state index contributed by atoms with van der Waals surface area (Å²) in [5, 5.41) is 20.4. The van der Waals surface area contributed by atoms with E-state index in [1.165, 1.54) is 31.0 Å². The summed E-state index contributed by atoms with van der Waals surface area (Å²) in [6, 6.07) is 12.6. The number of hydrogen-bond donors (Lipinski definition) is 1. The SMILES string of the molecule is CC(=O)OC(C)ON=[N+]([O-])N1CCC(C(=O)NS(=O)(=O)c2ccc(-n3nc(C(F)(F)F)cc3-c3ccc(C)cc3)cc2)CC1. The van der Waals surface area contributed by atoms with Gasteiger partial charge >= 0.3 is 12.1 Å². The normalized spacial score (nSPS) is 15.5. The molecule has 4 rings (SSSR count). The Morgan fingerprint density at radius 1 is 1.11 bits per heavy atom. The van der Waals surface area contributed by atoms with Crippen molar-refractivity contribution in [2.45, 2.75) is 51.0 Å². The van der Waals surface area contributed by atoms with Crippen LogP contribution in [-0.4, -0.2) is 59.4 Å². The maximum atomic E-state index is 13.5. The van der Waals surface area contributed by atoms with Gasteiger partial charge in [-0.25, -0.2) is 17.8 Å². The van der Waals surface area contributed by atoms with Crippen LogP contribution >= 0.6 is 0 Å². The number of hydrogen-bond acceptors (Lipinski definition) is 9. The number of amides is 1. The van der Waals surface area contributed by atoms with Crippen LogP contribution in [0.1, 0.15) is 37.9 Å². The van der Waals surface area contributed by atoms with E-state index in [1.54, 1.807) is 24.3 Å².